The van der Waals surface area contributed by atoms with Crippen LogP contribution in [0.1, 0.15) is 5.89 Å². The van der Waals surface area contributed by atoms with Gasteiger partial charge in [0.15, 0.2) is 0 Å². The maximum Gasteiger partial charge on any atom is 0.223 e. The maximum atomic E-state index is 5.43. The quantitative estimate of drug-likeness (QED) is 0.701. The van der Waals surface area contributed by atoms with Gasteiger partial charge in [-0.2, -0.15) is 4.98 Å². The molecule has 0 saturated heterocycles. The molecule has 5 nitrogen and oxygen atoms in total. The molecular weight excluding hydrogens is 168 g/mol. The van der Waals surface area contributed by atoms with Crippen molar-refractivity contribution in [2.24, 2.45) is 0 Å². The van der Waals surface area contributed by atoms with Crippen molar-refractivity contribution in [2.45, 2.75) is 6.92 Å². The molecule has 0 saturated carbocycles. The van der Waals surface area contributed by atoms with Crippen LogP contribution < -0.4 is 5.73 Å². The fraction of sp³-hybridized carbons (Fsp3) is 0.125. The highest BCUT2D eigenvalue weighted by Gasteiger charge is 2.04. The molecule has 0 aliphatic carbocycles. The molecule has 0 fully saturated rings. The summed E-state index contributed by atoms with van der Waals surface area (Å²) in [5, 5.41) is 3.75. The maximum absolute atomic E-state index is 5.43. The van der Waals surface area contributed by atoms with Gasteiger partial charge in [0.2, 0.25) is 11.7 Å². The molecule has 5 heteroatoms. The third-order valence-electron chi connectivity index (χ3n) is 1.57. The van der Waals surface area contributed by atoms with Crippen LogP contribution in [0.4, 0.5) is 5.82 Å². The van der Waals surface area contributed by atoms with Crippen molar-refractivity contribution >= 4 is 5.82 Å². The minimum atomic E-state index is 0.476. The van der Waals surface area contributed by atoms with Gasteiger partial charge in [-0.3, -0.25) is 0 Å². The molecule has 0 spiro atoms. The third kappa shape index (κ3) is 1.48. The van der Waals surface area contributed by atoms with Crippen LogP contribution in [0.5, 0.6) is 0 Å². The van der Waals surface area contributed by atoms with Gasteiger partial charge in [0.25, 0.3) is 0 Å². The molecule has 2 aromatic heterocycles. The molecule has 66 valence electrons. The average molecular weight is 176 g/mol. The summed E-state index contributed by atoms with van der Waals surface area (Å²) in [6.07, 6.45) is 1.61. The minimum Gasteiger partial charge on any atom is -0.384 e. The van der Waals surface area contributed by atoms with E-state index in [1.807, 2.05) is 0 Å². The van der Waals surface area contributed by atoms with Gasteiger partial charge in [0, 0.05) is 18.7 Å². The van der Waals surface area contributed by atoms with Crippen molar-refractivity contribution in [3.63, 3.8) is 0 Å². The number of nitrogens with two attached hydrogens (primary N) is 1. The zero-order valence-electron chi connectivity index (χ0n) is 7.06. The topological polar surface area (TPSA) is 77.8 Å². The molecule has 2 heterocycles. The van der Waals surface area contributed by atoms with Crippen LogP contribution in [0, 0.1) is 6.92 Å². The monoisotopic (exact) mass is 176 g/mol. The highest BCUT2D eigenvalue weighted by atomic mass is 16.5. The summed E-state index contributed by atoms with van der Waals surface area (Å²) in [5.74, 6) is 1.54. The van der Waals surface area contributed by atoms with Crippen molar-refractivity contribution in [1.29, 1.82) is 0 Å². The summed E-state index contributed by atoms with van der Waals surface area (Å²) in [4.78, 5) is 7.97. The molecule has 2 aromatic rings. The SMILES string of the molecule is Cc1nc(-c2ccc(N)nc2)no1. The van der Waals surface area contributed by atoms with Gasteiger partial charge >= 0.3 is 0 Å². The normalized spacial score (nSPS) is 10.2. The van der Waals surface area contributed by atoms with E-state index in [9.17, 15) is 0 Å². The Morgan fingerprint density at radius 3 is 2.77 bits per heavy atom. The van der Waals surface area contributed by atoms with Crippen LogP contribution in [0.25, 0.3) is 11.4 Å². The molecule has 0 bridgehead atoms. The van der Waals surface area contributed by atoms with Crippen LogP contribution in [0.2, 0.25) is 0 Å². The lowest BCUT2D eigenvalue weighted by atomic mass is 10.3. The highest BCUT2D eigenvalue weighted by molar-refractivity contribution is 5.54. The average Bonchev–Trinajstić information content (AvgIpc) is 2.53. The summed E-state index contributed by atoms with van der Waals surface area (Å²) >= 11 is 0. The Morgan fingerprint density at radius 1 is 1.38 bits per heavy atom. The Bertz CT molecular complexity index is 406. The van der Waals surface area contributed by atoms with Gasteiger partial charge in [-0.05, 0) is 12.1 Å². The first-order chi connectivity index (χ1) is 6.25. The number of hydrogen-bond acceptors (Lipinski definition) is 5. The lowest BCUT2D eigenvalue weighted by molar-refractivity contribution is 0.394. The van der Waals surface area contributed by atoms with E-state index >= 15 is 0 Å². The van der Waals surface area contributed by atoms with Gasteiger partial charge in [-0.15, -0.1) is 0 Å². The molecular formula is C8H8N4O. The highest BCUT2D eigenvalue weighted by Crippen LogP contribution is 2.14. The van der Waals surface area contributed by atoms with Crippen LogP contribution in [0.3, 0.4) is 0 Å². The van der Waals surface area contributed by atoms with E-state index in [1.165, 1.54) is 0 Å². The van der Waals surface area contributed by atoms with E-state index in [1.54, 1.807) is 25.3 Å². The Labute approximate surface area is 74.6 Å². The first kappa shape index (κ1) is 7.72. The predicted molar refractivity (Wildman–Crippen MR) is 46.7 cm³/mol. The van der Waals surface area contributed by atoms with E-state index in [2.05, 4.69) is 15.1 Å². The van der Waals surface area contributed by atoms with Gasteiger partial charge in [0.1, 0.15) is 5.82 Å². The van der Waals surface area contributed by atoms with Crippen LogP contribution >= 0.6 is 0 Å². The largest absolute Gasteiger partial charge is 0.384 e. The number of rotatable bonds is 1. The molecule has 0 unspecified atom stereocenters. The predicted octanol–water partition coefficient (Wildman–Crippen LogP) is 1.02. The zero-order valence-corrected chi connectivity index (χ0v) is 7.06. The second-order valence-electron chi connectivity index (χ2n) is 2.61. The van der Waals surface area contributed by atoms with E-state index in [-0.39, 0.29) is 0 Å². The van der Waals surface area contributed by atoms with Crippen molar-refractivity contribution in [2.75, 3.05) is 5.73 Å². The summed E-state index contributed by atoms with van der Waals surface area (Å²) < 4.78 is 4.83. The molecule has 2 rings (SSSR count). The Balaban J connectivity index is 2.41. The Hall–Kier alpha value is -1.91. The smallest absolute Gasteiger partial charge is 0.223 e. The van der Waals surface area contributed by atoms with E-state index in [0.29, 0.717) is 17.5 Å². The Kier molecular flexibility index (Phi) is 1.70. The molecule has 0 atom stereocenters. The van der Waals surface area contributed by atoms with E-state index in [0.717, 1.165) is 5.56 Å². The number of anilines is 1. The number of pyridine rings is 1. The van der Waals surface area contributed by atoms with E-state index < -0.39 is 0 Å². The van der Waals surface area contributed by atoms with Crippen molar-refractivity contribution in [1.82, 2.24) is 15.1 Å². The summed E-state index contributed by atoms with van der Waals surface area (Å²) in [5.41, 5.74) is 6.23. The lowest BCUT2D eigenvalue weighted by Crippen LogP contribution is -1.89. The third-order valence-corrected chi connectivity index (χ3v) is 1.57. The van der Waals surface area contributed by atoms with Crippen molar-refractivity contribution in [3.8, 4) is 11.4 Å². The molecule has 0 aromatic carbocycles. The summed E-state index contributed by atoms with van der Waals surface area (Å²) in [6, 6.07) is 3.49. The number of aromatic nitrogens is 3. The number of nitrogens with zero attached hydrogens (tertiary/aromatic N) is 3. The number of hydrogen-bond donors (Lipinski definition) is 1. The second kappa shape index (κ2) is 2.85. The molecule has 0 aliphatic rings. The van der Waals surface area contributed by atoms with Crippen molar-refractivity contribution in [3.05, 3.63) is 24.2 Å². The molecule has 0 aliphatic heterocycles. The second-order valence-corrected chi connectivity index (χ2v) is 2.61. The standard InChI is InChI=1S/C8H8N4O/c1-5-11-8(12-13-5)6-2-3-7(9)10-4-6/h2-4H,1H3,(H2,9,10). The Morgan fingerprint density at radius 2 is 2.23 bits per heavy atom. The fourth-order valence-electron chi connectivity index (χ4n) is 0.954. The van der Waals surface area contributed by atoms with Crippen LogP contribution in [0.15, 0.2) is 22.9 Å². The first-order valence-electron chi connectivity index (χ1n) is 3.78. The zero-order chi connectivity index (χ0) is 9.26. The molecule has 13 heavy (non-hydrogen) atoms. The van der Waals surface area contributed by atoms with Gasteiger partial charge in [0.05, 0.1) is 0 Å². The number of aryl methyl sites for hydroxylation is 1. The van der Waals surface area contributed by atoms with Crippen LogP contribution in [-0.4, -0.2) is 15.1 Å². The molecule has 2 N–H and O–H groups in total. The summed E-state index contributed by atoms with van der Waals surface area (Å²) in [6.45, 7) is 1.74. The van der Waals surface area contributed by atoms with E-state index in [4.69, 9.17) is 10.3 Å². The first-order valence-corrected chi connectivity index (χ1v) is 3.78. The molecule has 0 amide bonds. The summed E-state index contributed by atoms with van der Waals surface area (Å²) in [7, 11) is 0. The van der Waals surface area contributed by atoms with Gasteiger partial charge in [-0.1, -0.05) is 5.16 Å². The fourth-order valence-corrected chi connectivity index (χ4v) is 0.954. The van der Waals surface area contributed by atoms with Gasteiger partial charge in [-0.25, -0.2) is 4.98 Å². The van der Waals surface area contributed by atoms with Gasteiger partial charge < -0.3 is 10.3 Å². The molecule has 0 radical (unpaired) electrons. The minimum absolute atomic E-state index is 0.476. The lowest BCUT2D eigenvalue weighted by Gasteiger charge is -1.93. The van der Waals surface area contributed by atoms with Crippen LogP contribution in [-0.2, 0) is 0 Å². The van der Waals surface area contributed by atoms with Crippen molar-refractivity contribution < 1.29 is 4.52 Å². The number of nitrogen functional groups attached to an aromatic ring is 1.